The van der Waals surface area contributed by atoms with E-state index in [1.807, 2.05) is 12.1 Å². The Bertz CT molecular complexity index is 686. The number of halogens is 2. The van der Waals surface area contributed by atoms with Crippen molar-refractivity contribution in [2.24, 2.45) is 0 Å². The zero-order valence-corrected chi connectivity index (χ0v) is 13.1. The summed E-state index contributed by atoms with van der Waals surface area (Å²) in [4.78, 5) is 14.5. The van der Waals surface area contributed by atoms with Crippen LogP contribution in [-0.4, -0.2) is 17.4 Å². The first-order valence-electron chi connectivity index (χ1n) is 6.96. The normalized spacial score (nSPS) is 14.5. The van der Waals surface area contributed by atoms with E-state index in [1.54, 1.807) is 11.0 Å². The van der Waals surface area contributed by atoms with E-state index in [-0.39, 0.29) is 5.91 Å². The van der Waals surface area contributed by atoms with Gasteiger partial charge >= 0.3 is 0 Å². The summed E-state index contributed by atoms with van der Waals surface area (Å²) in [6.07, 6.45) is 1.90. The molecule has 108 valence electrons. The van der Waals surface area contributed by atoms with Gasteiger partial charge in [0, 0.05) is 17.6 Å². The van der Waals surface area contributed by atoms with Crippen molar-refractivity contribution in [2.75, 3.05) is 6.54 Å². The van der Waals surface area contributed by atoms with Crippen LogP contribution in [0.5, 0.6) is 0 Å². The molecule has 0 N–H and O–H groups in total. The molecule has 3 rings (SSSR count). The maximum Gasteiger partial charge on any atom is 0.255 e. The maximum atomic E-state index is 13.4. The molecule has 2 aromatic rings. The highest BCUT2D eigenvalue weighted by molar-refractivity contribution is 9.10. The van der Waals surface area contributed by atoms with Gasteiger partial charge in [-0.1, -0.05) is 24.3 Å². The average Bonchev–Trinajstić information content (AvgIpc) is 2.71. The van der Waals surface area contributed by atoms with E-state index >= 15 is 0 Å². The standard InChI is InChI=1S/C17H15BrFNO/c18-16-8-7-14(19)10-15(16)17(21)20-9-3-6-12-4-1-2-5-13(12)11-20/h1-2,4-5,7-8,10H,3,6,9,11H2. The molecule has 1 aliphatic heterocycles. The Labute approximate surface area is 131 Å². The fourth-order valence-electron chi connectivity index (χ4n) is 2.71. The molecular formula is C17H15BrFNO. The summed E-state index contributed by atoms with van der Waals surface area (Å²) in [6.45, 7) is 1.27. The molecule has 0 bridgehead atoms. The summed E-state index contributed by atoms with van der Waals surface area (Å²) in [6, 6.07) is 12.4. The van der Waals surface area contributed by atoms with Crippen LogP contribution < -0.4 is 0 Å². The third-order valence-corrected chi connectivity index (χ3v) is 4.49. The molecule has 0 saturated heterocycles. The first-order valence-corrected chi connectivity index (χ1v) is 7.75. The van der Waals surface area contributed by atoms with Crippen LogP contribution in [0.2, 0.25) is 0 Å². The van der Waals surface area contributed by atoms with Crippen molar-refractivity contribution in [3.05, 3.63) is 69.4 Å². The number of aryl methyl sites for hydroxylation is 1. The van der Waals surface area contributed by atoms with Crippen LogP contribution in [0.3, 0.4) is 0 Å². The average molecular weight is 348 g/mol. The van der Waals surface area contributed by atoms with Crippen LogP contribution in [0.25, 0.3) is 0 Å². The predicted octanol–water partition coefficient (Wildman–Crippen LogP) is 4.18. The number of carbonyl (C=O) groups is 1. The van der Waals surface area contributed by atoms with Crippen molar-refractivity contribution in [2.45, 2.75) is 19.4 Å². The molecular weight excluding hydrogens is 333 g/mol. The molecule has 1 heterocycles. The van der Waals surface area contributed by atoms with Gasteiger partial charge in [-0.05, 0) is 58.1 Å². The lowest BCUT2D eigenvalue weighted by Crippen LogP contribution is -2.31. The van der Waals surface area contributed by atoms with Crippen molar-refractivity contribution in [1.82, 2.24) is 4.90 Å². The van der Waals surface area contributed by atoms with Crippen molar-refractivity contribution in [3.8, 4) is 0 Å². The molecule has 0 radical (unpaired) electrons. The monoisotopic (exact) mass is 347 g/mol. The van der Waals surface area contributed by atoms with Crippen molar-refractivity contribution >= 4 is 21.8 Å². The number of hydrogen-bond acceptors (Lipinski definition) is 1. The minimum Gasteiger partial charge on any atom is -0.334 e. The minimum absolute atomic E-state index is 0.127. The molecule has 2 nitrogen and oxygen atoms in total. The van der Waals surface area contributed by atoms with Crippen LogP contribution in [0.4, 0.5) is 4.39 Å². The second-order valence-corrected chi connectivity index (χ2v) is 6.08. The van der Waals surface area contributed by atoms with Gasteiger partial charge in [-0.25, -0.2) is 4.39 Å². The van der Waals surface area contributed by atoms with E-state index in [9.17, 15) is 9.18 Å². The van der Waals surface area contributed by atoms with Gasteiger partial charge < -0.3 is 4.90 Å². The Morgan fingerprint density at radius 2 is 1.90 bits per heavy atom. The van der Waals surface area contributed by atoms with Gasteiger partial charge in [0.1, 0.15) is 5.82 Å². The Morgan fingerprint density at radius 3 is 2.71 bits per heavy atom. The Balaban J connectivity index is 1.90. The quantitative estimate of drug-likeness (QED) is 0.757. The van der Waals surface area contributed by atoms with Gasteiger partial charge in [0.15, 0.2) is 0 Å². The van der Waals surface area contributed by atoms with Crippen molar-refractivity contribution < 1.29 is 9.18 Å². The molecule has 0 saturated carbocycles. The highest BCUT2D eigenvalue weighted by Crippen LogP contribution is 2.24. The van der Waals surface area contributed by atoms with Crippen molar-refractivity contribution in [3.63, 3.8) is 0 Å². The largest absolute Gasteiger partial charge is 0.334 e. The maximum absolute atomic E-state index is 13.4. The summed E-state index contributed by atoms with van der Waals surface area (Å²) in [5.41, 5.74) is 2.86. The molecule has 0 spiro atoms. The van der Waals surface area contributed by atoms with Gasteiger partial charge in [0.05, 0.1) is 5.56 Å². The van der Waals surface area contributed by atoms with E-state index in [1.165, 1.54) is 23.3 Å². The van der Waals surface area contributed by atoms with Gasteiger partial charge in [-0.3, -0.25) is 4.79 Å². The first-order chi connectivity index (χ1) is 10.1. The molecule has 0 aliphatic carbocycles. The zero-order valence-electron chi connectivity index (χ0n) is 11.5. The lowest BCUT2D eigenvalue weighted by Gasteiger charge is -2.21. The Morgan fingerprint density at radius 1 is 1.14 bits per heavy atom. The lowest BCUT2D eigenvalue weighted by molar-refractivity contribution is 0.0744. The van der Waals surface area contributed by atoms with E-state index in [0.29, 0.717) is 23.1 Å². The van der Waals surface area contributed by atoms with E-state index in [2.05, 4.69) is 28.1 Å². The zero-order chi connectivity index (χ0) is 14.8. The van der Waals surface area contributed by atoms with E-state index in [4.69, 9.17) is 0 Å². The molecule has 1 aliphatic rings. The number of benzene rings is 2. The first kappa shape index (κ1) is 14.3. The number of rotatable bonds is 1. The molecule has 0 fully saturated rings. The number of nitrogens with zero attached hydrogens (tertiary/aromatic N) is 1. The molecule has 0 atom stereocenters. The smallest absolute Gasteiger partial charge is 0.255 e. The van der Waals surface area contributed by atoms with E-state index < -0.39 is 5.82 Å². The van der Waals surface area contributed by atoms with Gasteiger partial charge in [-0.15, -0.1) is 0 Å². The van der Waals surface area contributed by atoms with Gasteiger partial charge in [0.2, 0.25) is 0 Å². The number of carbonyl (C=O) groups excluding carboxylic acids is 1. The molecule has 4 heteroatoms. The number of hydrogen-bond donors (Lipinski definition) is 0. The third kappa shape index (κ3) is 3.00. The van der Waals surface area contributed by atoms with Crippen molar-refractivity contribution in [1.29, 1.82) is 0 Å². The second kappa shape index (κ2) is 5.98. The molecule has 21 heavy (non-hydrogen) atoms. The summed E-state index contributed by atoms with van der Waals surface area (Å²) in [5.74, 6) is -0.519. The fraction of sp³-hybridized carbons (Fsp3) is 0.235. The molecule has 0 aromatic heterocycles. The molecule has 1 amide bonds. The van der Waals surface area contributed by atoms with Crippen LogP contribution >= 0.6 is 15.9 Å². The third-order valence-electron chi connectivity index (χ3n) is 3.80. The number of amides is 1. The molecule has 0 unspecified atom stereocenters. The number of fused-ring (bicyclic) bond motifs is 1. The highest BCUT2D eigenvalue weighted by atomic mass is 79.9. The Kier molecular flexibility index (Phi) is 4.06. The van der Waals surface area contributed by atoms with Crippen LogP contribution in [0.15, 0.2) is 46.9 Å². The second-order valence-electron chi connectivity index (χ2n) is 5.22. The summed E-state index contributed by atoms with van der Waals surface area (Å²) in [7, 11) is 0. The van der Waals surface area contributed by atoms with Gasteiger partial charge in [-0.2, -0.15) is 0 Å². The summed E-state index contributed by atoms with van der Waals surface area (Å²) < 4.78 is 14.0. The SMILES string of the molecule is O=C(c1cc(F)ccc1Br)N1CCCc2ccccc2C1. The fourth-order valence-corrected chi connectivity index (χ4v) is 3.12. The van der Waals surface area contributed by atoms with Crippen LogP contribution in [0, 0.1) is 5.82 Å². The topological polar surface area (TPSA) is 20.3 Å². The van der Waals surface area contributed by atoms with E-state index in [0.717, 1.165) is 12.8 Å². The highest BCUT2D eigenvalue weighted by Gasteiger charge is 2.22. The summed E-state index contributed by atoms with van der Waals surface area (Å²) in [5, 5.41) is 0. The summed E-state index contributed by atoms with van der Waals surface area (Å²) >= 11 is 3.33. The lowest BCUT2D eigenvalue weighted by atomic mass is 10.0. The molecule has 2 aromatic carbocycles. The van der Waals surface area contributed by atoms with Crippen LogP contribution in [-0.2, 0) is 13.0 Å². The Hall–Kier alpha value is -1.68. The van der Waals surface area contributed by atoms with Gasteiger partial charge in [0.25, 0.3) is 5.91 Å². The minimum atomic E-state index is -0.392. The predicted molar refractivity (Wildman–Crippen MR) is 83.6 cm³/mol. The van der Waals surface area contributed by atoms with Crippen LogP contribution in [0.1, 0.15) is 27.9 Å².